The Hall–Kier alpha value is -1.26. The number of phenols is 1. The Morgan fingerprint density at radius 2 is 2.20 bits per heavy atom. The number of carbonyl (C=O) groups is 1. The fraction of sp³-hybridized carbons (Fsp3) is 0.300. The molecule has 0 aliphatic rings. The van der Waals surface area contributed by atoms with Crippen molar-refractivity contribution >= 4 is 17.6 Å². The number of carboxylic acids is 1. The van der Waals surface area contributed by atoms with E-state index in [9.17, 15) is 9.90 Å². The maximum absolute atomic E-state index is 10.2. The summed E-state index contributed by atoms with van der Waals surface area (Å²) in [4.78, 5) is 10.2. The number of nitrogens with one attached hydrogen (secondary N) is 1. The van der Waals surface area contributed by atoms with Crippen LogP contribution in [-0.4, -0.2) is 22.7 Å². The molecule has 1 aromatic carbocycles. The molecule has 0 unspecified atom stereocenters. The van der Waals surface area contributed by atoms with E-state index in [1.54, 1.807) is 18.2 Å². The van der Waals surface area contributed by atoms with Gasteiger partial charge in [0.05, 0.1) is 11.4 Å². The van der Waals surface area contributed by atoms with Crippen molar-refractivity contribution in [1.82, 2.24) is 5.32 Å². The number of phenolic OH excluding ortho intramolecular Hbond substituents is 1. The molecule has 4 nitrogen and oxygen atoms in total. The number of hydrogen-bond donors (Lipinski definition) is 3. The second-order valence-electron chi connectivity index (χ2n) is 3.07. The van der Waals surface area contributed by atoms with E-state index in [4.69, 9.17) is 16.7 Å². The zero-order valence-electron chi connectivity index (χ0n) is 8.03. The predicted octanol–water partition coefficient (Wildman–Crippen LogP) is 1.61. The van der Waals surface area contributed by atoms with Gasteiger partial charge in [-0.3, -0.25) is 4.79 Å². The quantitative estimate of drug-likeness (QED) is 0.671. The molecule has 82 valence electrons. The maximum atomic E-state index is 10.2. The van der Waals surface area contributed by atoms with Crippen LogP contribution in [0.5, 0.6) is 5.75 Å². The molecule has 5 heteroatoms. The topological polar surface area (TPSA) is 69.6 Å². The van der Waals surface area contributed by atoms with Gasteiger partial charge >= 0.3 is 5.97 Å². The predicted molar refractivity (Wildman–Crippen MR) is 57.1 cm³/mol. The second kappa shape index (κ2) is 5.58. The van der Waals surface area contributed by atoms with Crippen LogP contribution in [0.4, 0.5) is 0 Å². The molecule has 15 heavy (non-hydrogen) atoms. The first-order chi connectivity index (χ1) is 7.11. The monoisotopic (exact) mass is 229 g/mol. The lowest BCUT2D eigenvalue weighted by Gasteiger charge is -2.06. The van der Waals surface area contributed by atoms with Crippen molar-refractivity contribution in [1.29, 1.82) is 0 Å². The SMILES string of the molecule is O=C(O)CCNCc1cccc(Cl)c1O. The molecule has 0 spiro atoms. The minimum Gasteiger partial charge on any atom is -0.506 e. The first-order valence-electron chi connectivity index (χ1n) is 4.50. The molecule has 0 bridgehead atoms. The molecule has 0 amide bonds. The van der Waals surface area contributed by atoms with Crippen molar-refractivity contribution in [3.8, 4) is 5.75 Å². The highest BCUT2D eigenvalue weighted by Gasteiger charge is 2.04. The van der Waals surface area contributed by atoms with Gasteiger partial charge in [-0.15, -0.1) is 0 Å². The lowest BCUT2D eigenvalue weighted by Crippen LogP contribution is -2.17. The average Bonchev–Trinajstić information content (AvgIpc) is 2.18. The van der Waals surface area contributed by atoms with E-state index < -0.39 is 5.97 Å². The first kappa shape index (κ1) is 11.8. The van der Waals surface area contributed by atoms with Gasteiger partial charge in [0.1, 0.15) is 5.75 Å². The maximum Gasteiger partial charge on any atom is 0.304 e. The van der Waals surface area contributed by atoms with Gasteiger partial charge in [0, 0.05) is 18.7 Å². The molecular weight excluding hydrogens is 218 g/mol. The second-order valence-corrected chi connectivity index (χ2v) is 3.48. The van der Waals surface area contributed by atoms with E-state index in [0.29, 0.717) is 23.7 Å². The van der Waals surface area contributed by atoms with Gasteiger partial charge in [-0.05, 0) is 6.07 Å². The minimum atomic E-state index is -0.849. The Morgan fingerprint density at radius 3 is 2.87 bits per heavy atom. The highest BCUT2D eigenvalue weighted by Crippen LogP contribution is 2.26. The van der Waals surface area contributed by atoms with Crippen LogP contribution in [-0.2, 0) is 11.3 Å². The Morgan fingerprint density at radius 1 is 1.47 bits per heavy atom. The summed E-state index contributed by atoms with van der Waals surface area (Å²) in [5, 5.41) is 21.1. The van der Waals surface area contributed by atoms with Crippen LogP contribution in [0.3, 0.4) is 0 Å². The molecule has 3 N–H and O–H groups in total. The van der Waals surface area contributed by atoms with E-state index in [1.165, 1.54) is 0 Å². The van der Waals surface area contributed by atoms with Crippen LogP contribution in [0.15, 0.2) is 18.2 Å². The summed E-state index contributed by atoms with van der Waals surface area (Å²) in [6, 6.07) is 5.06. The first-order valence-corrected chi connectivity index (χ1v) is 4.88. The van der Waals surface area contributed by atoms with Crippen molar-refractivity contribution in [3.05, 3.63) is 28.8 Å². The molecule has 1 rings (SSSR count). The lowest BCUT2D eigenvalue weighted by atomic mass is 10.2. The normalized spacial score (nSPS) is 10.2. The molecule has 0 fully saturated rings. The summed E-state index contributed by atoms with van der Waals surface area (Å²) in [5.74, 6) is -0.806. The van der Waals surface area contributed by atoms with Crippen molar-refractivity contribution in [2.24, 2.45) is 0 Å². The Balaban J connectivity index is 2.44. The molecule has 0 saturated heterocycles. The van der Waals surface area contributed by atoms with E-state index in [0.717, 1.165) is 0 Å². The number of halogens is 1. The van der Waals surface area contributed by atoms with E-state index in [1.807, 2.05) is 0 Å². The molecular formula is C10H12ClNO3. The van der Waals surface area contributed by atoms with Gasteiger partial charge in [0.25, 0.3) is 0 Å². The molecule has 0 aromatic heterocycles. The van der Waals surface area contributed by atoms with Gasteiger partial charge in [-0.25, -0.2) is 0 Å². The third-order valence-corrected chi connectivity index (χ3v) is 2.21. The van der Waals surface area contributed by atoms with E-state index >= 15 is 0 Å². The van der Waals surface area contributed by atoms with Crippen molar-refractivity contribution in [2.45, 2.75) is 13.0 Å². The Labute approximate surface area is 92.5 Å². The fourth-order valence-electron chi connectivity index (χ4n) is 1.12. The van der Waals surface area contributed by atoms with Crippen LogP contribution in [0.2, 0.25) is 5.02 Å². The van der Waals surface area contributed by atoms with Crippen LogP contribution < -0.4 is 5.32 Å². The third-order valence-electron chi connectivity index (χ3n) is 1.90. The van der Waals surface area contributed by atoms with Gasteiger partial charge in [-0.2, -0.15) is 0 Å². The summed E-state index contributed by atoms with van der Waals surface area (Å²) < 4.78 is 0. The molecule has 1 aromatic rings. The van der Waals surface area contributed by atoms with Crippen LogP contribution in [0.25, 0.3) is 0 Å². The summed E-state index contributed by atoms with van der Waals surface area (Å²) in [6.07, 6.45) is 0.0569. The number of hydrogen-bond acceptors (Lipinski definition) is 3. The summed E-state index contributed by atoms with van der Waals surface area (Å²) in [7, 11) is 0. The molecule has 0 aliphatic carbocycles. The fourth-order valence-corrected chi connectivity index (χ4v) is 1.32. The van der Waals surface area contributed by atoms with Crippen molar-refractivity contribution in [3.63, 3.8) is 0 Å². The standard InChI is InChI=1S/C10H12ClNO3/c11-8-3-1-2-7(10(8)15)6-12-5-4-9(13)14/h1-3,12,15H,4-6H2,(H,13,14). The van der Waals surface area contributed by atoms with Crippen molar-refractivity contribution in [2.75, 3.05) is 6.54 Å². The number of benzene rings is 1. The van der Waals surface area contributed by atoms with Crippen molar-refractivity contribution < 1.29 is 15.0 Å². The van der Waals surface area contributed by atoms with Gasteiger partial charge < -0.3 is 15.5 Å². The van der Waals surface area contributed by atoms with Gasteiger partial charge in [0.2, 0.25) is 0 Å². The highest BCUT2D eigenvalue weighted by atomic mass is 35.5. The summed E-state index contributed by atoms with van der Waals surface area (Å²) in [5.41, 5.74) is 0.660. The molecule has 0 atom stereocenters. The smallest absolute Gasteiger partial charge is 0.304 e. The molecule has 0 radical (unpaired) electrons. The Bertz CT molecular complexity index is 355. The molecule has 0 heterocycles. The highest BCUT2D eigenvalue weighted by molar-refractivity contribution is 6.32. The van der Waals surface area contributed by atoms with Crippen LogP contribution >= 0.6 is 11.6 Å². The minimum absolute atomic E-state index is 0.0435. The van der Waals surface area contributed by atoms with E-state index in [2.05, 4.69) is 5.32 Å². The zero-order valence-corrected chi connectivity index (χ0v) is 8.79. The number of rotatable bonds is 5. The van der Waals surface area contributed by atoms with Crippen LogP contribution in [0.1, 0.15) is 12.0 Å². The molecule has 0 saturated carbocycles. The van der Waals surface area contributed by atoms with E-state index in [-0.39, 0.29) is 12.2 Å². The summed E-state index contributed by atoms with van der Waals surface area (Å²) >= 11 is 5.71. The van der Waals surface area contributed by atoms with Gasteiger partial charge in [-0.1, -0.05) is 23.7 Å². The lowest BCUT2D eigenvalue weighted by molar-refractivity contribution is -0.136. The number of aliphatic carboxylic acids is 1. The zero-order chi connectivity index (χ0) is 11.3. The number of carboxylic acid groups (broad SMARTS) is 1. The molecule has 0 aliphatic heterocycles. The summed E-state index contributed by atoms with van der Waals surface area (Å²) in [6.45, 7) is 0.765. The largest absolute Gasteiger partial charge is 0.506 e. The Kier molecular flexibility index (Phi) is 4.39. The average molecular weight is 230 g/mol. The van der Waals surface area contributed by atoms with Crippen LogP contribution in [0, 0.1) is 0 Å². The number of para-hydroxylation sites is 1. The number of aromatic hydroxyl groups is 1. The van der Waals surface area contributed by atoms with Gasteiger partial charge in [0.15, 0.2) is 0 Å². The third kappa shape index (κ3) is 3.77.